The average molecular weight is 334 g/mol. The minimum atomic E-state index is -0.812. The van der Waals surface area contributed by atoms with Crippen LogP contribution in [0.3, 0.4) is 0 Å². The summed E-state index contributed by atoms with van der Waals surface area (Å²) >= 11 is 0. The molecule has 1 aliphatic heterocycles. The highest BCUT2D eigenvalue weighted by molar-refractivity contribution is 5.59. The molecule has 132 valence electrons. The SMILES string of the molecule is COc1ccc(/C=C(\C)C2(O)CCC3(CC2)OCCO3)cc1OC. The van der Waals surface area contributed by atoms with Gasteiger partial charge >= 0.3 is 0 Å². The van der Waals surface area contributed by atoms with E-state index in [1.54, 1.807) is 14.2 Å². The lowest BCUT2D eigenvalue weighted by molar-refractivity contribution is -0.197. The molecule has 1 aliphatic carbocycles. The summed E-state index contributed by atoms with van der Waals surface area (Å²) in [6.45, 7) is 3.28. The molecule has 3 rings (SSSR count). The normalized spacial score (nSPS) is 22.6. The van der Waals surface area contributed by atoms with Crippen LogP contribution < -0.4 is 9.47 Å². The van der Waals surface area contributed by atoms with E-state index in [-0.39, 0.29) is 0 Å². The van der Waals surface area contributed by atoms with Crippen molar-refractivity contribution < 1.29 is 24.1 Å². The first-order valence-corrected chi connectivity index (χ1v) is 8.41. The van der Waals surface area contributed by atoms with Gasteiger partial charge in [-0.2, -0.15) is 0 Å². The molecule has 0 unspecified atom stereocenters. The lowest BCUT2D eigenvalue weighted by Crippen LogP contribution is -2.44. The van der Waals surface area contributed by atoms with Crippen molar-refractivity contribution in [2.24, 2.45) is 0 Å². The van der Waals surface area contributed by atoms with E-state index >= 15 is 0 Å². The Morgan fingerprint density at radius 3 is 2.25 bits per heavy atom. The third-order valence-electron chi connectivity index (χ3n) is 5.18. The summed E-state index contributed by atoms with van der Waals surface area (Å²) in [7, 11) is 3.24. The standard InChI is InChI=1S/C19H26O5/c1-14(12-15-4-5-16(21-2)17(13-15)22-3)18(20)6-8-19(9-7-18)23-10-11-24-19/h4-5,12-13,20H,6-11H2,1-3H3/b14-12+. The van der Waals surface area contributed by atoms with Gasteiger partial charge < -0.3 is 24.1 Å². The van der Waals surface area contributed by atoms with E-state index in [0.29, 0.717) is 37.6 Å². The second-order valence-corrected chi connectivity index (χ2v) is 6.58. The highest BCUT2D eigenvalue weighted by Crippen LogP contribution is 2.43. The van der Waals surface area contributed by atoms with E-state index < -0.39 is 11.4 Å². The highest BCUT2D eigenvalue weighted by atomic mass is 16.7. The van der Waals surface area contributed by atoms with Crippen molar-refractivity contribution in [2.45, 2.75) is 44.0 Å². The smallest absolute Gasteiger partial charge is 0.168 e. The molecule has 1 aromatic carbocycles. The lowest BCUT2D eigenvalue weighted by Gasteiger charge is -2.41. The Morgan fingerprint density at radius 2 is 1.67 bits per heavy atom. The van der Waals surface area contributed by atoms with E-state index in [9.17, 15) is 5.11 Å². The molecule has 0 atom stereocenters. The van der Waals surface area contributed by atoms with Crippen molar-refractivity contribution in [3.8, 4) is 11.5 Å². The molecule has 2 fully saturated rings. The van der Waals surface area contributed by atoms with E-state index in [1.165, 1.54) is 0 Å². The van der Waals surface area contributed by atoms with E-state index in [1.807, 2.05) is 31.2 Å². The molecule has 2 aliphatic rings. The summed E-state index contributed by atoms with van der Waals surface area (Å²) in [4.78, 5) is 0. The molecule has 24 heavy (non-hydrogen) atoms. The molecule has 1 spiro atoms. The Hall–Kier alpha value is -1.56. The summed E-state index contributed by atoms with van der Waals surface area (Å²) in [6, 6.07) is 5.75. The van der Waals surface area contributed by atoms with Gasteiger partial charge in [0.2, 0.25) is 0 Å². The van der Waals surface area contributed by atoms with Crippen LogP contribution in [0.25, 0.3) is 6.08 Å². The van der Waals surface area contributed by atoms with Crippen LogP contribution in [0.4, 0.5) is 0 Å². The molecule has 1 N–H and O–H groups in total. The first kappa shape index (κ1) is 17.3. The van der Waals surface area contributed by atoms with Crippen LogP contribution in [0.1, 0.15) is 38.2 Å². The third kappa shape index (κ3) is 3.29. The van der Waals surface area contributed by atoms with Gasteiger partial charge in [0.1, 0.15) is 0 Å². The number of hydrogen-bond acceptors (Lipinski definition) is 5. The monoisotopic (exact) mass is 334 g/mol. The molecule has 5 heteroatoms. The third-order valence-corrected chi connectivity index (χ3v) is 5.18. The van der Waals surface area contributed by atoms with Gasteiger partial charge in [-0.25, -0.2) is 0 Å². The van der Waals surface area contributed by atoms with Gasteiger partial charge in [0.25, 0.3) is 0 Å². The fourth-order valence-electron chi connectivity index (χ4n) is 3.55. The van der Waals surface area contributed by atoms with Crippen LogP contribution >= 0.6 is 0 Å². The van der Waals surface area contributed by atoms with Crippen molar-refractivity contribution in [3.63, 3.8) is 0 Å². The predicted octanol–water partition coefficient (Wildman–Crippen LogP) is 3.16. The molecule has 0 aromatic heterocycles. The Bertz CT molecular complexity index is 606. The maximum absolute atomic E-state index is 11.0. The van der Waals surface area contributed by atoms with Crippen LogP contribution in [-0.2, 0) is 9.47 Å². The van der Waals surface area contributed by atoms with Crippen LogP contribution in [0.15, 0.2) is 23.8 Å². The minimum absolute atomic E-state index is 0.462. The molecular weight excluding hydrogens is 308 g/mol. The van der Waals surface area contributed by atoms with E-state index in [4.69, 9.17) is 18.9 Å². The molecular formula is C19H26O5. The fraction of sp³-hybridized carbons (Fsp3) is 0.579. The van der Waals surface area contributed by atoms with Crippen molar-refractivity contribution >= 4 is 6.08 Å². The van der Waals surface area contributed by atoms with Crippen LogP contribution in [0, 0.1) is 0 Å². The van der Waals surface area contributed by atoms with Crippen molar-refractivity contribution in [1.82, 2.24) is 0 Å². The van der Waals surface area contributed by atoms with E-state index in [2.05, 4.69) is 0 Å². The second-order valence-electron chi connectivity index (χ2n) is 6.58. The van der Waals surface area contributed by atoms with Gasteiger partial charge in [-0.1, -0.05) is 12.1 Å². The molecule has 5 nitrogen and oxygen atoms in total. The zero-order valence-electron chi connectivity index (χ0n) is 14.6. The highest BCUT2D eigenvalue weighted by Gasteiger charge is 2.46. The van der Waals surface area contributed by atoms with Gasteiger partial charge in [0.05, 0.1) is 33.0 Å². The summed E-state index contributed by atoms with van der Waals surface area (Å²) in [5.41, 5.74) is 1.11. The van der Waals surface area contributed by atoms with Gasteiger partial charge in [-0.3, -0.25) is 0 Å². The van der Waals surface area contributed by atoms with Crippen molar-refractivity contribution in [3.05, 3.63) is 29.3 Å². The van der Waals surface area contributed by atoms with Crippen LogP contribution in [-0.4, -0.2) is 43.9 Å². The summed E-state index contributed by atoms with van der Waals surface area (Å²) < 4.78 is 22.1. The second kappa shape index (κ2) is 6.75. The van der Waals surface area contributed by atoms with Gasteiger partial charge in [-0.15, -0.1) is 0 Å². The van der Waals surface area contributed by atoms with Crippen molar-refractivity contribution in [1.29, 1.82) is 0 Å². The van der Waals surface area contributed by atoms with Gasteiger partial charge in [0, 0.05) is 12.8 Å². The average Bonchev–Trinajstić information content (AvgIpc) is 3.06. The molecule has 0 bridgehead atoms. The summed E-state index contributed by atoms with van der Waals surface area (Å²) in [5.74, 6) is 0.915. The number of hydrogen-bond donors (Lipinski definition) is 1. The van der Waals surface area contributed by atoms with Gasteiger partial charge in [-0.05, 0) is 43.0 Å². The maximum atomic E-state index is 11.0. The van der Waals surface area contributed by atoms with E-state index in [0.717, 1.165) is 24.0 Å². The number of methoxy groups -OCH3 is 2. The Labute approximate surface area is 143 Å². The Kier molecular flexibility index (Phi) is 4.85. The zero-order chi connectivity index (χ0) is 17.2. The molecule has 1 aromatic rings. The largest absolute Gasteiger partial charge is 0.493 e. The number of benzene rings is 1. The number of rotatable bonds is 4. The first-order valence-electron chi connectivity index (χ1n) is 8.41. The molecule has 1 heterocycles. The molecule has 0 amide bonds. The zero-order valence-corrected chi connectivity index (χ0v) is 14.6. The molecule has 0 radical (unpaired) electrons. The lowest BCUT2D eigenvalue weighted by atomic mass is 9.77. The quantitative estimate of drug-likeness (QED) is 0.917. The first-order chi connectivity index (χ1) is 11.5. The minimum Gasteiger partial charge on any atom is -0.493 e. The summed E-state index contributed by atoms with van der Waals surface area (Å²) in [6.07, 6.45) is 4.74. The summed E-state index contributed by atoms with van der Waals surface area (Å²) in [5, 5.41) is 11.0. The fourth-order valence-corrected chi connectivity index (χ4v) is 3.55. The molecule has 1 saturated carbocycles. The number of ether oxygens (including phenoxy) is 4. The Morgan fingerprint density at radius 1 is 1.04 bits per heavy atom. The predicted molar refractivity (Wildman–Crippen MR) is 91.2 cm³/mol. The van der Waals surface area contributed by atoms with Crippen LogP contribution in [0.5, 0.6) is 11.5 Å². The van der Waals surface area contributed by atoms with Crippen molar-refractivity contribution in [2.75, 3.05) is 27.4 Å². The Balaban J connectivity index is 1.75. The van der Waals surface area contributed by atoms with Crippen LogP contribution in [0.2, 0.25) is 0 Å². The number of aliphatic hydroxyl groups is 1. The van der Waals surface area contributed by atoms with Gasteiger partial charge in [0.15, 0.2) is 17.3 Å². The maximum Gasteiger partial charge on any atom is 0.168 e. The molecule has 1 saturated heterocycles. The topological polar surface area (TPSA) is 57.2 Å².